The number of hydrogen-bond acceptors (Lipinski definition) is 6. The number of carbonyl (C=O) groups is 1. The molecular formula is C22H31N7OS. The van der Waals surface area contributed by atoms with E-state index >= 15 is 0 Å². The Hall–Kier alpha value is -2.65. The predicted molar refractivity (Wildman–Crippen MR) is 125 cm³/mol. The van der Waals surface area contributed by atoms with Crippen LogP contribution in [0.1, 0.15) is 31.1 Å². The average Bonchev–Trinajstić information content (AvgIpc) is 3.56. The molecule has 1 aliphatic heterocycles. The van der Waals surface area contributed by atoms with Crippen molar-refractivity contribution in [1.82, 2.24) is 29.5 Å². The molecule has 1 saturated heterocycles. The highest BCUT2D eigenvalue weighted by molar-refractivity contribution is 7.08. The van der Waals surface area contributed by atoms with E-state index in [1.165, 1.54) is 0 Å². The Morgan fingerprint density at radius 2 is 1.97 bits per heavy atom. The lowest BCUT2D eigenvalue weighted by molar-refractivity contribution is 0.0746. The van der Waals surface area contributed by atoms with Crippen LogP contribution in [0.3, 0.4) is 0 Å². The fourth-order valence-electron chi connectivity index (χ4n) is 4.27. The fraction of sp³-hybridized carbons (Fsp3) is 0.500. The van der Waals surface area contributed by atoms with Crippen molar-refractivity contribution in [2.75, 3.05) is 44.2 Å². The van der Waals surface area contributed by atoms with Crippen LogP contribution in [0.15, 0.2) is 35.2 Å². The Morgan fingerprint density at radius 1 is 1.19 bits per heavy atom. The van der Waals surface area contributed by atoms with Crippen LogP contribution in [0.4, 0.5) is 5.95 Å². The van der Waals surface area contributed by atoms with E-state index in [9.17, 15) is 4.79 Å². The maximum absolute atomic E-state index is 12.7. The second-order valence-corrected chi connectivity index (χ2v) is 8.66. The van der Waals surface area contributed by atoms with Crippen LogP contribution < -0.4 is 4.90 Å². The van der Waals surface area contributed by atoms with Gasteiger partial charge < -0.3 is 14.8 Å². The summed E-state index contributed by atoms with van der Waals surface area (Å²) in [7, 11) is 0. The lowest BCUT2D eigenvalue weighted by Crippen LogP contribution is -2.49. The minimum atomic E-state index is 0.115. The average molecular weight is 442 g/mol. The summed E-state index contributed by atoms with van der Waals surface area (Å²) in [6, 6.07) is 6.27. The van der Waals surface area contributed by atoms with Crippen molar-refractivity contribution in [3.63, 3.8) is 0 Å². The Bertz CT molecular complexity index is 954. The molecule has 0 spiro atoms. The molecule has 9 heteroatoms. The molecule has 1 aliphatic rings. The summed E-state index contributed by atoms with van der Waals surface area (Å²) in [5, 5.41) is 13.0. The summed E-state index contributed by atoms with van der Waals surface area (Å²) in [6.07, 6.45) is 1.91. The van der Waals surface area contributed by atoms with Gasteiger partial charge in [-0.25, -0.2) is 0 Å². The van der Waals surface area contributed by atoms with E-state index in [1.54, 1.807) is 11.3 Å². The Labute approximate surface area is 187 Å². The van der Waals surface area contributed by atoms with Crippen molar-refractivity contribution in [3.05, 3.63) is 40.7 Å². The second kappa shape index (κ2) is 9.65. The van der Waals surface area contributed by atoms with Gasteiger partial charge in [-0.1, -0.05) is 13.8 Å². The van der Waals surface area contributed by atoms with Crippen molar-refractivity contribution < 1.29 is 4.79 Å². The monoisotopic (exact) mass is 441 g/mol. The summed E-state index contributed by atoms with van der Waals surface area (Å²) in [5.41, 5.74) is 1.75. The first-order valence-corrected chi connectivity index (χ1v) is 11.9. The highest BCUT2D eigenvalue weighted by Crippen LogP contribution is 2.24. The van der Waals surface area contributed by atoms with Gasteiger partial charge in [0.15, 0.2) is 5.82 Å². The smallest absolute Gasteiger partial charge is 0.254 e. The number of nitrogens with one attached hydrogen (secondary N) is 1. The third-order valence-electron chi connectivity index (χ3n) is 6.07. The Kier molecular flexibility index (Phi) is 6.72. The third-order valence-corrected chi connectivity index (χ3v) is 6.75. The lowest BCUT2D eigenvalue weighted by Gasteiger charge is -2.36. The first kappa shape index (κ1) is 21.6. The molecular weight excluding hydrogens is 410 g/mol. The van der Waals surface area contributed by atoms with Gasteiger partial charge in [0.05, 0.1) is 11.3 Å². The number of thiophene rings is 1. The van der Waals surface area contributed by atoms with Crippen molar-refractivity contribution in [2.24, 2.45) is 0 Å². The molecule has 0 radical (unpaired) electrons. The summed E-state index contributed by atoms with van der Waals surface area (Å²) >= 11 is 1.56. The van der Waals surface area contributed by atoms with E-state index in [-0.39, 0.29) is 5.91 Å². The number of rotatable bonds is 8. The fourth-order valence-corrected chi connectivity index (χ4v) is 4.90. The van der Waals surface area contributed by atoms with E-state index in [0.29, 0.717) is 19.1 Å². The van der Waals surface area contributed by atoms with Gasteiger partial charge in [-0.2, -0.15) is 11.3 Å². The number of anilines is 1. The van der Waals surface area contributed by atoms with Gasteiger partial charge in [0.2, 0.25) is 5.95 Å². The van der Waals surface area contributed by atoms with E-state index < -0.39 is 0 Å². The topological polar surface area (TPSA) is 73.3 Å². The molecule has 31 heavy (non-hydrogen) atoms. The van der Waals surface area contributed by atoms with Gasteiger partial charge in [0, 0.05) is 50.3 Å². The van der Waals surface area contributed by atoms with Gasteiger partial charge in [-0.05, 0) is 43.6 Å². The number of carbonyl (C=O) groups excluding carboxylic acids is 1. The number of piperazine rings is 1. The molecule has 0 aliphatic carbocycles. The maximum Gasteiger partial charge on any atom is 0.254 e. The molecule has 1 amide bonds. The van der Waals surface area contributed by atoms with E-state index in [1.807, 2.05) is 40.1 Å². The van der Waals surface area contributed by atoms with Crippen LogP contribution in [0.2, 0.25) is 0 Å². The molecule has 1 atom stereocenters. The van der Waals surface area contributed by atoms with Crippen molar-refractivity contribution in [3.8, 4) is 11.5 Å². The molecule has 0 bridgehead atoms. The number of H-pyrrole nitrogens is 1. The highest BCUT2D eigenvalue weighted by Gasteiger charge is 2.27. The van der Waals surface area contributed by atoms with Gasteiger partial charge >= 0.3 is 0 Å². The number of likely N-dealkylation sites (N-methyl/N-ethyl adjacent to an activating group) is 1. The normalized spacial score (nSPS) is 15.6. The molecule has 3 aromatic heterocycles. The van der Waals surface area contributed by atoms with Crippen molar-refractivity contribution in [2.45, 2.75) is 33.4 Å². The third kappa shape index (κ3) is 4.52. The molecule has 0 aromatic carbocycles. The summed E-state index contributed by atoms with van der Waals surface area (Å²) in [5.74, 6) is 1.85. The molecule has 3 aromatic rings. The number of amides is 1. The summed E-state index contributed by atoms with van der Waals surface area (Å²) < 4.78 is 2.23. The summed E-state index contributed by atoms with van der Waals surface area (Å²) in [6.45, 7) is 12.4. The van der Waals surface area contributed by atoms with E-state index in [4.69, 9.17) is 0 Å². The standard InChI is InChI=1S/C22H31N7OS/c1-4-26(5-2)17(3)15-29-20(19-7-6-9-23-19)24-25-22(29)28-12-10-27(11-13-28)21(30)18-8-14-31-16-18/h6-9,14,16-17,23H,4-5,10-13,15H2,1-3H3. The van der Waals surface area contributed by atoms with Gasteiger partial charge in [0.1, 0.15) is 0 Å². The van der Waals surface area contributed by atoms with E-state index in [0.717, 1.165) is 55.8 Å². The minimum absolute atomic E-state index is 0.115. The number of aromatic nitrogens is 4. The van der Waals surface area contributed by atoms with Crippen LogP contribution in [0, 0.1) is 0 Å². The number of hydrogen-bond donors (Lipinski definition) is 1. The zero-order valence-corrected chi connectivity index (χ0v) is 19.3. The van der Waals surface area contributed by atoms with Crippen LogP contribution in [0.25, 0.3) is 11.5 Å². The van der Waals surface area contributed by atoms with Crippen LogP contribution in [-0.4, -0.2) is 80.8 Å². The first-order valence-electron chi connectivity index (χ1n) is 11.0. The molecule has 4 rings (SSSR count). The zero-order valence-electron chi connectivity index (χ0n) is 18.5. The van der Waals surface area contributed by atoms with Gasteiger partial charge in [-0.15, -0.1) is 10.2 Å². The summed E-state index contributed by atoms with van der Waals surface area (Å²) in [4.78, 5) is 22.6. The quantitative estimate of drug-likeness (QED) is 0.582. The minimum Gasteiger partial charge on any atom is -0.359 e. The second-order valence-electron chi connectivity index (χ2n) is 7.88. The zero-order chi connectivity index (χ0) is 21.8. The largest absolute Gasteiger partial charge is 0.359 e. The Balaban J connectivity index is 1.53. The predicted octanol–water partition coefficient (Wildman–Crippen LogP) is 3.03. The van der Waals surface area contributed by atoms with Gasteiger partial charge in [-0.3, -0.25) is 14.3 Å². The molecule has 4 heterocycles. The molecule has 0 saturated carbocycles. The maximum atomic E-state index is 12.7. The van der Waals surface area contributed by atoms with Gasteiger partial charge in [0.25, 0.3) is 5.91 Å². The first-order chi connectivity index (χ1) is 15.1. The van der Waals surface area contributed by atoms with Crippen molar-refractivity contribution in [1.29, 1.82) is 0 Å². The molecule has 1 fully saturated rings. The SMILES string of the molecule is CCN(CC)C(C)Cn1c(-c2ccc[nH]2)nnc1N1CCN(C(=O)c2ccsc2)CC1. The van der Waals surface area contributed by atoms with Crippen molar-refractivity contribution >= 4 is 23.2 Å². The van der Waals surface area contributed by atoms with Crippen LogP contribution >= 0.6 is 11.3 Å². The molecule has 8 nitrogen and oxygen atoms in total. The van der Waals surface area contributed by atoms with E-state index in [2.05, 4.69) is 50.3 Å². The van der Waals surface area contributed by atoms with Crippen LogP contribution in [0.5, 0.6) is 0 Å². The molecule has 1 N–H and O–H groups in total. The number of nitrogens with zero attached hydrogens (tertiary/aromatic N) is 6. The van der Waals surface area contributed by atoms with Crippen LogP contribution in [-0.2, 0) is 6.54 Å². The molecule has 1 unspecified atom stereocenters. The lowest BCUT2D eigenvalue weighted by atomic mass is 10.2. The highest BCUT2D eigenvalue weighted by atomic mass is 32.1. The number of aromatic amines is 1. The molecule has 166 valence electrons. The Morgan fingerprint density at radius 3 is 2.58 bits per heavy atom.